The van der Waals surface area contributed by atoms with Gasteiger partial charge < -0.3 is 4.74 Å². The summed E-state index contributed by atoms with van der Waals surface area (Å²) in [6, 6.07) is 10.6. The van der Waals surface area contributed by atoms with Crippen molar-refractivity contribution >= 4 is 5.97 Å². The molecule has 2 atom stereocenters. The van der Waals surface area contributed by atoms with Gasteiger partial charge in [0.1, 0.15) is 0 Å². The molecule has 17 heavy (non-hydrogen) atoms. The summed E-state index contributed by atoms with van der Waals surface area (Å²) in [6.45, 7) is 6.51. The van der Waals surface area contributed by atoms with Crippen LogP contribution in [-0.2, 0) is 9.53 Å². The standard InChI is InChI=1S/C15H22O2/c1-12(8-7-11-17-14(3)16)13(2)15-9-5-4-6-10-15/h4-6,9-10,12-13H,7-8,11H2,1-3H3. The number of benzene rings is 1. The molecule has 0 radical (unpaired) electrons. The van der Waals surface area contributed by atoms with Gasteiger partial charge in [0.05, 0.1) is 6.61 Å². The molecule has 1 aromatic rings. The fourth-order valence-electron chi connectivity index (χ4n) is 1.96. The number of hydrogen-bond acceptors (Lipinski definition) is 2. The largest absolute Gasteiger partial charge is 0.466 e. The van der Waals surface area contributed by atoms with E-state index in [9.17, 15) is 4.79 Å². The summed E-state index contributed by atoms with van der Waals surface area (Å²) in [5.74, 6) is 0.968. The number of hydrogen-bond donors (Lipinski definition) is 0. The highest BCUT2D eigenvalue weighted by Gasteiger charge is 2.13. The van der Waals surface area contributed by atoms with Gasteiger partial charge in [0.25, 0.3) is 0 Å². The zero-order chi connectivity index (χ0) is 12.7. The number of ether oxygens (including phenoxy) is 1. The first-order valence-corrected chi connectivity index (χ1v) is 6.29. The van der Waals surface area contributed by atoms with E-state index in [0.717, 1.165) is 12.8 Å². The molecule has 2 unspecified atom stereocenters. The number of carbonyl (C=O) groups is 1. The van der Waals surface area contributed by atoms with E-state index in [4.69, 9.17) is 4.74 Å². The van der Waals surface area contributed by atoms with E-state index in [1.165, 1.54) is 12.5 Å². The lowest BCUT2D eigenvalue weighted by Gasteiger charge is -2.20. The fourth-order valence-corrected chi connectivity index (χ4v) is 1.96. The molecule has 0 heterocycles. The van der Waals surface area contributed by atoms with E-state index in [2.05, 4.69) is 38.1 Å². The first kappa shape index (κ1) is 13.8. The second kappa shape index (κ2) is 7.10. The summed E-state index contributed by atoms with van der Waals surface area (Å²) >= 11 is 0. The molecule has 0 spiro atoms. The van der Waals surface area contributed by atoms with Gasteiger partial charge >= 0.3 is 5.97 Å². The van der Waals surface area contributed by atoms with Crippen LogP contribution in [0.5, 0.6) is 0 Å². The summed E-state index contributed by atoms with van der Waals surface area (Å²) in [7, 11) is 0. The van der Waals surface area contributed by atoms with E-state index in [1.54, 1.807) is 0 Å². The molecule has 0 aliphatic carbocycles. The van der Waals surface area contributed by atoms with Crippen LogP contribution in [0.15, 0.2) is 30.3 Å². The topological polar surface area (TPSA) is 26.3 Å². The van der Waals surface area contributed by atoms with Crippen LogP contribution < -0.4 is 0 Å². The highest BCUT2D eigenvalue weighted by molar-refractivity contribution is 5.65. The maximum absolute atomic E-state index is 10.6. The minimum absolute atomic E-state index is 0.186. The Bertz CT molecular complexity index is 332. The first-order valence-electron chi connectivity index (χ1n) is 6.29. The average Bonchev–Trinajstić information content (AvgIpc) is 2.34. The van der Waals surface area contributed by atoms with Crippen LogP contribution in [0.1, 0.15) is 45.1 Å². The molecule has 0 saturated heterocycles. The second-order valence-corrected chi connectivity index (χ2v) is 4.66. The Morgan fingerprint density at radius 1 is 1.24 bits per heavy atom. The summed E-state index contributed by atoms with van der Waals surface area (Å²) in [5, 5.41) is 0. The number of carbonyl (C=O) groups excluding carboxylic acids is 1. The third kappa shape index (κ3) is 5.03. The lowest BCUT2D eigenvalue weighted by atomic mass is 9.86. The lowest BCUT2D eigenvalue weighted by Crippen LogP contribution is -2.08. The van der Waals surface area contributed by atoms with Crippen molar-refractivity contribution in [1.29, 1.82) is 0 Å². The zero-order valence-electron chi connectivity index (χ0n) is 11.0. The quantitative estimate of drug-likeness (QED) is 0.553. The molecule has 0 saturated carbocycles. The number of esters is 1. The molecular formula is C15H22O2. The van der Waals surface area contributed by atoms with Gasteiger partial charge in [-0.1, -0.05) is 44.2 Å². The number of rotatable bonds is 6. The van der Waals surface area contributed by atoms with Crippen molar-refractivity contribution in [3.05, 3.63) is 35.9 Å². The highest BCUT2D eigenvalue weighted by atomic mass is 16.5. The van der Waals surface area contributed by atoms with Crippen molar-refractivity contribution < 1.29 is 9.53 Å². The van der Waals surface area contributed by atoms with Crippen molar-refractivity contribution in [3.8, 4) is 0 Å². The average molecular weight is 234 g/mol. The van der Waals surface area contributed by atoms with Crippen LogP contribution in [0.25, 0.3) is 0 Å². The molecular weight excluding hydrogens is 212 g/mol. The Hall–Kier alpha value is -1.31. The van der Waals surface area contributed by atoms with Crippen LogP contribution in [0.3, 0.4) is 0 Å². The predicted molar refractivity (Wildman–Crippen MR) is 69.9 cm³/mol. The van der Waals surface area contributed by atoms with Gasteiger partial charge in [0.2, 0.25) is 0 Å². The van der Waals surface area contributed by atoms with Crippen molar-refractivity contribution in [3.63, 3.8) is 0 Å². The highest BCUT2D eigenvalue weighted by Crippen LogP contribution is 2.26. The third-order valence-corrected chi connectivity index (χ3v) is 3.29. The Morgan fingerprint density at radius 2 is 1.88 bits per heavy atom. The summed E-state index contributed by atoms with van der Waals surface area (Å²) < 4.78 is 4.94. The molecule has 0 aromatic heterocycles. The molecule has 94 valence electrons. The van der Waals surface area contributed by atoms with Crippen molar-refractivity contribution in [2.75, 3.05) is 6.61 Å². The van der Waals surface area contributed by atoms with Gasteiger partial charge in [-0.2, -0.15) is 0 Å². The Balaban J connectivity index is 2.32. The van der Waals surface area contributed by atoms with Gasteiger partial charge in [-0.3, -0.25) is 4.79 Å². The minimum atomic E-state index is -0.186. The van der Waals surface area contributed by atoms with Gasteiger partial charge in [0.15, 0.2) is 0 Å². The molecule has 2 nitrogen and oxygen atoms in total. The summed E-state index contributed by atoms with van der Waals surface area (Å²) in [4.78, 5) is 10.6. The predicted octanol–water partition coefficient (Wildman–Crippen LogP) is 3.77. The van der Waals surface area contributed by atoms with Crippen LogP contribution in [-0.4, -0.2) is 12.6 Å². The molecule has 0 aliphatic rings. The van der Waals surface area contributed by atoms with Crippen molar-refractivity contribution in [1.82, 2.24) is 0 Å². The van der Waals surface area contributed by atoms with E-state index < -0.39 is 0 Å². The summed E-state index contributed by atoms with van der Waals surface area (Å²) in [5.41, 5.74) is 1.38. The van der Waals surface area contributed by atoms with Gasteiger partial charge in [-0.25, -0.2) is 0 Å². The monoisotopic (exact) mass is 234 g/mol. The molecule has 1 aromatic carbocycles. The fraction of sp³-hybridized carbons (Fsp3) is 0.533. The lowest BCUT2D eigenvalue weighted by molar-refractivity contribution is -0.141. The third-order valence-electron chi connectivity index (χ3n) is 3.29. The Labute approximate surface area is 104 Å². The van der Waals surface area contributed by atoms with Crippen LogP contribution in [0.2, 0.25) is 0 Å². The molecule has 1 rings (SSSR count). The summed E-state index contributed by atoms with van der Waals surface area (Å²) in [6.07, 6.45) is 2.03. The van der Waals surface area contributed by atoms with Gasteiger partial charge in [-0.15, -0.1) is 0 Å². The van der Waals surface area contributed by atoms with E-state index in [1.807, 2.05) is 6.07 Å². The molecule has 0 fully saturated rings. The SMILES string of the molecule is CC(=O)OCCCC(C)C(C)c1ccccc1. The molecule has 0 bridgehead atoms. The van der Waals surface area contributed by atoms with E-state index in [-0.39, 0.29) is 5.97 Å². The maximum Gasteiger partial charge on any atom is 0.302 e. The Morgan fingerprint density at radius 3 is 2.47 bits per heavy atom. The van der Waals surface area contributed by atoms with Crippen molar-refractivity contribution in [2.24, 2.45) is 5.92 Å². The van der Waals surface area contributed by atoms with Crippen LogP contribution >= 0.6 is 0 Å². The molecule has 0 N–H and O–H groups in total. The normalized spacial score (nSPS) is 14.1. The zero-order valence-corrected chi connectivity index (χ0v) is 11.0. The Kier molecular flexibility index (Phi) is 5.75. The van der Waals surface area contributed by atoms with E-state index >= 15 is 0 Å². The smallest absolute Gasteiger partial charge is 0.302 e. The van der Waals surface area contributed by atoms with Crippen LogP contribution in [0.4, 0.5) is 0 Å². The maximum atomic E-state index is 10.6. The van der Waals surface area contributed by atoms with Gasteiger partial charge in [0, 0.05) is 6.92 Å². The van der Waals surface area contributed by atoms with Gasteiger partial charge in [-0.05, 0) is 30.2 Å². The van der Waals surface area contributed by atoms with Crippen LogP contribution in [0, 0.1) is 5.92 Å². The van der Waals surface area contributed by atoms with E-state index in [0.29, 0.717) is 18.4 Å². The second-order valence-electron chi connectivity index (χ2n) is 4.66. The molecule has 2 heteroatoms. The first-order chi connectivity index (χ1) is 8.11. The minimum Gasteiger partial charge on any atom is -0.466 e. The molecule has 0 amide bonds. The molecule has 0 aliphatic heterocycles. The van der Waals surface area contributed by atoms with Crippen molar-refractivity contribution in [2.45, 2.75) is 39.5 Å².